The Morgan fingerprint density at radius 3 is 0.973 bits per heavy atom. The Kier molecular flexibility index (Phi) is 42.4. The van der Waals surface area contributed by atoms with Crippen LogP contribution in [0.4, 0.5) is 0 Å². The monoisotopic (exact) mass is 1070 g/mol. The van der Waals surface area contributed by atoms with Gasteiger partial charge in [0.1, 0.15) is 32.5 Å². The molecule has 5 N–H and O–H groups in total. The quantitative estimate of drug-likeness (QED) is 0.0220. The molecule has 1 unspecified atom stereocenters. The fourth-order valence-corrected chi connectivity index (χ4v) is 8.49. The van der Waals surface area contributed by atoms with Crippen molar-refractivity contribution < 1.29 is 87.6 Å². The number of rotatable bonds is 53. The van der Waals surface area contributed by atoms with E-state index in [9.17, 15) is 68.7 Å². The molecule has 0 spiro atoms. The van der Waals surface area contributed by atoms with Gasteiger partial charge in [-0.1, -0.05) is 168 Å². The zero-order valence-electron chi connectivity index (χ0n) is 45.7. The highest BCUT2D eigenvalue weighted by atomic mass is 16.6. The molecule has 0 rings (SSSR count). The third-order valence-corrected chi connectivity index (χ3v) is 12.9. The van der Waals surface area contributed by atoms with E-state index in [0.717, 1.165) is 85.8 Å². The van der Waals surface area contributed by atoms with Crippen LogP contribution < -0.4 is 0 Å². The van der Waals surface area contributed by atoms with E-state index in [2.05, 4.69) is 13.8 Å². The molecule has 0 radical (unpaired) electrons. The average Bonchev–Trinajstić information content (AvgIpc) is 3.33. The second-order valence-electron chi connectivity index (χ2n) is 19.9. The summed E-state index contributed by atoms with van der Waals surface area (Å²) in [5.41, 5.74) is -2.18. The number of carbonyl (C=O) groups excluding carboxylic acids is 4. The van der Waals surface area contributed by atoms with E-state index in [4.69, 9.17) is 18.9 Å². The molecule has 434 valence electrons. The van der Waals surface area contributed by atoms with Gasteiger partial charge in [0.25, 0.3) is 0 Å². The van der Waals surface area contributed by atoms with Gasteiger partial charge in [-0.05, 0) is 12.8 Å². The molecular formula is C54H95N3O18. The number of carbonyl (C=O) groups is 9. The van der Waals surface area contributed by atoms with Crippen LogP contribution in [0.15, 0.2) is 0 Å². The number of aliphatic carboxylic acids is 5. The summed E-state index contributed by atoms with van der Waals surface area (Å²) in [4.78, 5) is 115. The molecule has 0 saturated heterocycles. The molecular weight excluding hydrogens is 979 g/mol. The van der Waals surface area contributed by atoms with E-state index in [-0.39, 0.29) is 25.9 Å². The Morgan fingerprint density at radius 1 is 0.400 bits per heavy atom. The Hall–Kier alpha value is -4.89. The van der Waals surface area contributed by atoms with Gasteiger partial charge >= 0.3 is 53.7 Å². The van der Waals surface area contributed by atoms with Crippen molar-refractivity contribution in [2.75, 3.05) is 78.8 Å². The molecule has 1 atom stereocenters. The standard InChI is InChI=1S/C54H95N3O18/c1-4-6-8-10-12-14-16-18-20-22-24-26-28-30-50(67)74-42-54(41-73-44(3)58,43-75-51(68)31-29-27-25-23-21-19-17-15-13-11-9-7-5-2)53(71)72-40-45(52(69)70)57(34-32-55(36-46(59)60)37-47(61)62)35-33-56(38-48(63)64)39-49(65)66/h45H,4-43H2,1-3H3,(H,59,60)(H,61,62)(H,63,64)(H,65,66)(H,69,70). The van der Waals surface area contributed by atoms with Crippen molar-refractivity contribution in [2.24, 2.45) is 5.41 Å². The Balaban J connectivity index is 6.25. The van der Waals surface area contributed by atoms with E-state index in [1.165, 1.54) is 89.9 Å². The van der Waals surface area contributed by atoms with Gasteiger partial charge in [0.05, 0.1) is 26.2 Å². The van der Waals surface area contributed by atoms with Gasteiger partial charge in [0, 0.05) is 45.9 Å². The number of hydrogen-bond acceptors (Lipinski definition) is 16. The summed E-state index contributed by atoms with van der Waals surface area (Å²) in [6, 6.07) is -1.80. The highest BCUT2D eigenvalue weighted by Crippen LogP contribution is 2.25. The summed E-state index contributed by atoms with van der Waals surface area (Å²) in [5, 5.41) is 48.1. The lowest BCUT2D eigenvalue weighted by molar-refractivity contribution is -0.181. The largest absolute Gasteiger partial charge is 0.480 e. The van der Waals surface area contributed by atoms with Crippen LogP contribution in [0.1, 0.15) is 201 Å². The first-order valence-electron chi connectivity index (χ1n) is 27.8. The lowest BCUT2D eigenvalue weighted by atomic mass is 9.91. The molecule has 0 saturated carbocycles. The normalized spacial score (nSPS) is 11.9. The number of esters is 4. The van der Waals surface area contributed by atoms with Crippen molar-refractivity contribution in [3.8, 4) is 0 Å². The molecule has 0 fully saturated rings. The number of unbranched alkanes of at least 4 members (excludes halogenated alkanes) is 24. The van der Waals surface area contributed by atoms with Crippen molar-refractivity contribution in [3.05, 3.63) is 0 Å². The van der Waals surface area contributed by atoms with Crippen molar-refractivity contribution in [3.63, 3.8) is 0 Å². The summed E-state index contributed by atoms with van der Waals surface area (Å²) in [6.45, 7) is -2.45. The summed E-state index contributed by atoms with van der Waals surface area (Å²) in [5.74, 6) is -10.7. The SMILES string of the molecule is CCCCCCCCCCCCCCCC(=O)OCC(COC(C)=O)(COC(=O)CCCCCCCCCCCCCCC)C(=O)OCC(C(=O)O)N(CCN(CC(=O)O)CC(=O)O)CCN(CC(=O)O)CC(=O)O. The van der Waals surface area contributed by atoms with Crippen LogP contribution in [-0.2, 0) is 62.1 Å². The van der Waals surface area contributed by atoms with Crippen LogP contribution in [0.3, 0.4) is 0 Å². The van der Waals surface area contributed by atoms with E-state index >= 15 is 0 Å². The summed E-state index contributed by atoms with van der Waals surface area (Å²) in [7, 11) is 0. The first-order chi connectivity index (χ1) is 35.8. The van der Waals surface area contributed by atoms with Gasteiger partial charge in [0.15, 0.2) is 5.41 Å². The predicted octanol–water partition coefficient (Wildman–Crippen LogP) is 7.83. The van der Waals surface area contributed by atoms with Crippen LogP contribution in [0.2, 0.25) is 0 Å². The Bertz CT molecular complexity index is 1510. The third kappa shape index (κ3) is 40.1. The molecule has 0 aromatic heterocycles. The predicted molar refractivity (Wildman–Crippen MR) is 279 cm³/mol. The molecule has 21 nitrogen and oxygen atoms in total. The molecule has 75 heavy (non-hydrogen) atoms. The molecule has 0 aliphatic rings. The Morgan fingerprint density at radius 2 is 0.693 bits per heavy atom. The smallest absolute Gasteiger partial charge is 0.324 e. The minimum absolute atomic E-state index is 0.00706. The van der Waals surface area contributed by atoms with Crippen molar-refractivity contribution >= 4 is 53.7 Å². The fourth-order valence-electron chi connectivity index (χ4n) is 8.49. The molecule has 0 aromatic rings. The molecule has 0 heterocycles. The topological polar surface area (TPSA) is 301 Å². The molecule has 0 aliphatic heterocycles. The van der Waals surface area contributed by atoms with Crippen molar-refractivity contribution in [1.29, 1.82) is 0 Å². The van der Waals surface area contributed by atoms with E-state index in [0.29, 0.717) is 12.8 Å². The maximum absolute atomic E-state index is 14.4. The zero-order valence-corrected chi connectivity index (χ0v) is 45.7. The van der Waals surface area contributed by atoms with E-state index in [1.807, 2.05) is 0 Å². The third-order valence-electron chi connectivity index (χ3n) is 12.9. The fraction of sp³-hybridized carbons (Fsp3) is 0.833. The van der Waals surface area contributed by atoms with Gasteiger partial charge < -0.3 is 44.5 Å². The number of carboxylic acid groups (broad SMARTS) is 5. The molecule has 0 bridgehead atoms. The van der Waals surface area contributed by atoms with Gasteiger partial charge in [0.2, 0.25) is 0 Å². The number of carboxylic acids is 5. The van der Waals surface area contributed by atoms with Crippen LogP contribution in [0, 0.1) is 5.41 Å². The van der Waals surface area contributed by atoms with Crippen molar-refractivity contribution in [1.82, 2.24) is 14.7 Å². The van der Waals surface area contributed by atoms with Crippen LogP contribution in [0.25, 0.3) is 0 Å². The minimum Gasteiger partial charge on any atom is -0.480 e. The maximum Gasteiger partial charge on any atom is 0.324 e. The second-order valence-corrected chi connectivity index (χ2v) is 19.9. The molecule has 0 aliphatic carbocycles. The van der Waals surface area contributed by atoms with Gasteiger partial charge in [-0.25, -0.2) is 0 Å². The summed E-state index contributed by atoms with van der Waals surface area (Å²) in [6.07, 6.45) is 28.4. The van der Waals surface area contributed by atoms with Crippen LogP contribution >= 0.6 is 0 Å². The first-order valence-corrected chi connectivity index (χ1v) is 27.8. The van der Waals surface area contributed by atoms with E-state index < -0.39 is 131 Å². The zero-order chi connectivity index (χ0) is 56.1. The highest BCUT2D eigenvalue weighted by Gasteiger charge is 2.46. The molecule has 0 aromatic carbocycles. The first kappa shape index (κ1) is 70.1. The van der Waals surface area contributed by atoms with E-state index in [1.54, 1.807) is 0 Å². The minimum atomic E-state index is -2.18. The number of ether oxygens (including phenoxy) is 4. The average molecular weight is 1070 g/mol. The van der Waals surface area contributed by atoms with Crippen molar-refractivity contribution in [2.45, 2.75) is 207 Å². The Labute approximate surface area is 445 Å². The maximum atomic E-state index is 14.4. The number of nitrogens with zero attached hydrogens (tertiary/aromatic N) is 3. The highest BCUT2D eigenvalue weighted by molar-refractivity contribution is 5.81. The van der Waals surface area contributed by atoms with Crippen LogP contribution in [-0.4, -0.2) is 179 Å². The van der Waals surface area contributed by atoms with Gasteiger partial charge in [-0.2, -0.15) is 0 Å². The lowest BCUT2D eigenvalue weighted by Crippen LogP contribution is -2.53. The summed E-state index contributed by atoms with van der Waals surface area (Å²) < 4.78 is 22.0. The number of hydrogen-bond donors (Lipinski definition) is 5. The molecule has 0 amide bonds. The van der Waals surface area contributed by atoms with Crippen LogP contribution in [0.5, 0.6) is 0 Å². The van der Waals surface area contributed by atoms with Gasteiger partial charge in [-0.15, -0.1) is 0 Å². The lowest BCUT2D eigenvalue weighted by Gasteiger charge is -2.34. The molecule has 21 heteroatoms. The second kappa shape index (κ2) is 45.3. The van der Waals surface area contributed by atoms with Gasteiger partial charge in [-0.3, -0.25) is 57.9 Å². The summed E-state index contributed by atoms with van der Waals surface area (Å²) >= 11 is 0.